The van der Waals surface area contributed by atoms with Crippen molar-refractivity contribution in [2.75, 3.05) is 6.54 Å². The van der Waals surface area contributed by atoms with Crippen molar-refractivity contribution in [3.63, 3.8) is 0 Å². The first-order chi connectivity index (χ1) is 7.25. The van der Waals surface area contributed by atoms with Crippen LogP contribution < -0.4 is 10.9 Å². The summed E-state index contributed by atoms with van der Waals surface area (Å²) in [5.41, 5.74) is 7.10. The van der Waals surface area contributed by atoms with Crippen molar-refractivity contribution in [1.29, 1.82) is 0 Å². The molecule has 0 fully saturated rings. The van der Waals surface area contributed by atoms with Gasteiger partial charge in [-0.05, 0) is 18.9 Å². The Labute approximate surface area is 91.5 Å². The predicted octanol–water partition coefficient (Wildman–Crippen LogP) is 1.61. The molecule has 0 aromatic heterocycles. The van der Waals surface area contributed by atoms with E-state index < -0.39 is 6.10 Å². The van der Waals surface area contributed by atoms with E-state index in [9.17, 15) is 5.11 Å². The molecule has 0 unspecified atom stereocenters. The second-order valence-corrected chi connectivity index (χ2v) is 3.72. The van der Waals surface area contributed by atoms with Crippen LogP contribution in [0.25, 0.3) is 0 Å². The average Bonchev–Trinajstić information content (AvgIpc) is 2.29. The van der Waals surface area contributed by atoms with Crippen LogP contribution in [0.4, 0.5) is 0 Å². The summed E-state index contributed by atoms with van der Waals surface area (Å²) in [6.45, 7) is 4.97. The fourth-order valence-electron chi connectivity index (χ4n) is 1.38. The van der Waals surface area contributed by atoms with Gasteiger partial charge in [-0.3, -0.25) is 10.9 Å². The van der Waals surface area contributed by atoms with Gasteiger partial charge in [-0.2, -0.15) is 0 Å². The van der Waals surface area contributed by atoms with E-state index in [4.69, 9.17) is 0 Å². The summed E-state index contributed by atoms with van der Waals surface area (Å²) < 4.78 is 0. The summed E-state index contributed by atoms with van der Waals surface area (Å²) >= 11 is 0. The minimum Gasteiger partial charge on any atom is -0.387 e. The largest absolute Gasteiger partial charge is 0.387 e. The minimum atomic E-state index is -0.476. The van der Waals surface area contributed by atoms with Gasteiger partial charge < -0.3 is 5.11 Å². The molecule has 84 valence electrons. The summed E-state index contributed by atoms with van der Waals surface area (Å²) in [5, 5.41) is 9.99. The first-order valence-electron chi connectivity index (χ1n) is 5.47. The summed E-state index contributed by atoms with van der Waals surface area (Å²) in [6.07, 6.45) is 0.594. The molecular formula is C12H20N2O. The topological polar surface area (TPSA) is 44.3 Å². The van der Waals surface area contributed by atoms with E-state index in [1.54, 1.807) is 0 Å². The lowest BCUT2D eigenvalue weighted by Crippen LogP contribution is -2.42. The van der Waals surface area contributed by atoms with E-state index in [0.717, 1.165) is 18.5 Å². The van der Waals surface area contributed by atoms with Gasteiger partial charge in [-0.1, -0.05) is 37.3 Å². The van der Waals surface area contributed by atoms with Gasteiger partial charge in [-0.15, -0.1) is 0 Å². The second-order valence-electron chi connectivity index (χ2n) is 3.72. The molecule has 0 aliphatic carbocycles. The van der Waals surface area contributed by atoms with E-state index in [-0.39, 0.29) is 6.04 Å². The molecule has 0 heterocycles. The normalized spacial score (nSPS) is 14.9. The van der Waals surface area contributed by atoms with E-state index in [1.165, 1.54) is 0 Å². The van der Waals surface area contributed by atoms with Crippen molar-refractivity contribution in [1.82, 2.24) is 10.9 Å². The van der Waals surface area contributed by atoms with Crippen LogP contribution >= 0.6 is 0 Å². The molecule has 1 aromatic rings. The van der Waals surface area contributed by atoms with Crippen LogP contribution in [-0.4, -0.2) is 17.7 Å². The zero-order valence-corrected chi connectivity index (χ0v) is 9.40. The highest BCUT2D eigenvalue weighted by molar-refractivity contribution is 5.18. The van der Waals surface area contributed by atoms with Crippen LogP contribution in [0.15, 0.2) is 30.3 Å². The van der Waals surface area contributed by atoms with Crippen LogP contribution in [-0.2, 0) is 0 Å². The number of hydrazine groups is 1. The SMILES string of the molecule is CCCNN[C@H](C)[C@@H](O)c1ccccc1. The molecule has 1 aromatic carbocycles. The van der Waals surface area contributed by atoms with Gasteiger partial charge in [0.1, 0.15) is 0 Å². The Kier molecular flexibility index (Phi) is 5.32. The van der Waals surface area contributed by atoms with E-state index in [2.05, 4.69) is 17.8 Å². The third kappa shape index (κ3) is 4.00. The maximum atomic E-state index is 9.99. The van der Waals surface area contributed by atoms with Crippen LogP contribution in [0, 0.1) is 0 Å². The number of nitrogens with one attached hydrogen (secondary N) is 2. The molecule has 0 aliphatic rings. The van der Waals surface area contributed by atoms with Gasteiger partial charge >= 0.3 is 0 Å². The molecule has 0 spiro atoms. The lowest BCUT2D eigenvalue weighted by molar-refractivity contribution is 0.128. The monoisotopic (exact) mass is 208 g/mol. The Bertz CT molecular complexity index is 264. The number of hydrogen-bond acceptors (Lipinski definition) is 3. The molecule has 0 saturated carbocycles. The Morgan fingerprint density at radius 1 is 1.27 bits per heavy atom. The van der Waals surface area contributed by atoms with Crippen LogP contribution in [0.1, 0.15) is 31.9 Å². The van der Waals surface area contributed by atoms with E-state index >= 15 is 0 Å². The van der Waals surface area contributed by atoms with Gasteiger partial charge in [0.15, 0.2) is 0 Å². The highest BCUT2D eigenvalue weighted by Crippen LogP contribution is 2.15. The zero-order chi connectivity index (χ0) is 11.1. The molecular weight excluding hydrogens is 188 g/mol. The summed E-state index contributed by atoms with van der Waals surface area (Å²) in [4.78, 5) is 0. The Morgan fingerprint density at radius 3 is 2.53 bits per heavy atom. The van der Waals surface area contributed by atoms with E-state index in [1.807, 2.05) is 37.3 Å². The lowest BCUT2D eigenvalue weighted by atomic mass is 10.0. The van der Waals surface area contributed by atoms with Crippen LogP contribution in [0.2, 0.25) is 0 Å². The Balaban J connectivity index is 2.42. The first-order valence-corrected chi connectivity index (χ1v) is 5.47. The number of benzene rings is 1. The summed E-state index contributed by atoms with van der Waals surface area (Å²) in [7, 11) is 0. The number of rotatable bonds is 6. The predicted molar refractivity (Wildman–Crippen MR) is 62.3 cm³/mol. The lowest BCUT2D eigenvalue weighted by Gasteiger charge is -2.20. The van der Waals surface area contributed by atoms with Crippen molar-refractivity contribution in [3.05, 3.63) is 35.9 Å². The van der Waals surface area contributed by atoms with Crippen molar-refractivity contribution >= 4 is 0 Å². The summed E-state index contributed by atoms with van der Waals surface area (Å²) in [5.74, 6) is 0. The number of aliphatic hydroxyl groups excluding tert-OH is 1. The maximum Gasteiger partial charge on any atom is 0.0953 e. The van der Waals surface area contributed by atoms with Gasteiger partial charge in [0.25, 0.3) is 0 Å². The second kappa shape index (κ2) is 6.56. The highest BCUT2D eigenvalue weighted by atomic mass is 16.3. The molecule has 3 nitrogen and oxygen atoms in total. The standard InChI is InChI=1S/C12H20N2O/c1-3-9-13-14-10(2)12(15)11-7-5-4-6-8-11/h4-8,10,12-15H,3,9H2,1-2H3/t10-,12-/m1/s1. The maximum absolute atomic E-state index is 9.99. The van der Waals surface area contributed by atoms with Crippen LogP contribution in [0.3, 0.4) is 0 Å². The quantitative estimate of drug-likeness (QED) is 0.491. The number of aliphatic hydroxyl groups is 1. The fraction of sp³-hybridized carbons (Fsp3) is 0.500. The fourth-order valence-corrected chi connectivity index (χ4v) is 1.38. The van der Waals surface area contributed by atoms with Gasteiger partial charge in [0.2, 0.25) is 0 Å². The molecule has 0 amide bonds. The smallest absolute Gasteiger partial charge is 0.0953 e. The summed E-state index contributed by atoms with van der Waals surface area (Å²) in [6, 6.07) is 9.68. The third-order valence-electron chi connectivity index (χ3n) is 2.32. The Hall–Kier alpha value is -0.900. The molecule has 0 aliphatic heterocycles. The molecule has 0 bridgehead atoms. The number of hydrogen-bond donors (Lipinski definition) is 3. The molecule has 3 heteroatoms. The van der Waals surface area contributed by atoms with Crippen molar-refractivity contribution < 1.29 is 5.11 Å². The zero-order valence-electron chi connectivity index (χ0n) is 9.40. The third-order valence-corrected chi connectivity index (χ3v) is 2.32. The van der Waals surface area contributed by atoms with Crippen molar-refractivity contribution in [2.45, 2.75) is 32.4 Å². The molecule has 2 atom stereocenters. The van der Waals surface area contributed by atoms with Gasteiger partial charge in [0, 0.05) is 12.6 Å². The van der Waals surface area contributed by atoms with Crippen molar-refractivity contribution in [2.24, 2.45) is 0 Å². The van der Waals surface area contributed by atoms with Crippen LogP contribution in [0.5, 0.6) is 0 Å². The molecule has 1 rings (SSSR count). The minimum absolute atomic E-state index is 0.000972. The van der Waals surface area contributed by atoms with Gasteiger partial charge in [0.05, 0.1) is 6.10 Å². The van der Waals surface area contributed by atoms with Gasteiger partial charge in [-0.25, -0.2) is 0 Å². The van der Waals surface area contributed by atoms with E-state index in [0.29, 0.717) is 0 Å². The molecule has 0 saturated heterocycles. The average molecular weight is 208 g/mol. The van der Waals surface area contributed by atoms with Crippen molar-refractivity contribution in [3.8, 4) is 0 Å². The molecule has 3 N–H and O–H groups in total. The molecule has 15 heavy (non-hydrogen) atoms. The Morgan fingerprint density at radius 2 is 1.93 bits per heavy atom. The highest BCUT2D eigenvalue weighted by Gasteiger charge is 2.14. The first kappa shape index (κ1) is 12.2. The molecule has 0 radical (unpaired) electrons.